The van der Waals surface area contributed by atoms with Crippen LogP contribution < -0.4 is 5.73 Å². The second-order valence-electron chi connectivity index (χ2n) is 4.58. The van der Waals surface area contributed by atoms with Gasteiger partial charge in [-0.25, -0.2) is 4.98 Å². The van der Waals surface area contributed by atoms with E-state index in [-0.39, 0.29) is 0 Å². The first-order valence-electron chi connectivity index (χ1n) is 5.96. The number of hydrogen-bond acceptors (Lipinski definition) is 2. The summed E-state index contributed by atoms with van der Waals surface area (Å²) in [5.41, 5.74) is 8.08. The van der Waals surface area contributed by atoms with Crippen LogP contribution in [0.1, 0.15) is 48.8 Å². The van der Waals surface area contributed by atoms with Gasteiger partial charge in [-0.15, -0.1) is 0 Å². The fourth-order valence-corrected chi connectivity index (χ4v) is 2.58. The molecule has 1 aromatic rings. The van der Waals surface area contributed by atoms with E-state index in [2.05, 4.69) is 18.5 Å². The van der Waals surface area contributed by atoms with Crippen LogP contribution in [0.15, 0.2) is 0 Å². The van der Waals surface area contributed by atoms with Crippen molar-refractivity contribution in [3.63, 3.8) is 0 Å². The number of aromatic nitrogens is 2. The standard InChI is InChI=1S/C12H21N3/c1-9-11(7-8-13)14-12(15(9)2)10-5-3-4-6-10/h10H,3-8,13H2,1-2H3. The summed E-state index contributed by atoms with van der Waals surface area (Å²) in [5.74, 6) is 1.98. The van der Waals surface area contributed by atoms with Crippen molar-refractivity contribution in [1.82, 2.24) is 9.55 Å². The Balaban J connectivity index is 2.27. The highest BCUT2D eigenvalue weighted by atomic mass is 15.1. The lowest BCUT2D eigenvalue weighted by Crippen LogP contribution is -2.04. The first kappa shape index (κ1) is 10.7. The van der Waals surface area contributed by atoms with Gasteiger partial charge in [0.1, 0.15) is 5.82 Å². The topological polar surface area (TPSA) is 43.8 Å². The molecule has 2 N–H and O–H groups in total. The Morgan fingerprint density at radius 1 is 1.40 bits per heavy atom. The third-order valence-corrected chi connectivity index (χ3v) is 3.62. The molecule has 1 heterocycles. The van der Waals surface area contributed by atoms with E-state index in [1.807, 2.05) is 0 Å². The maximum atomic E-state index is 5.59. The summed E-state index contributed by atoms with van der Waals surface area (Å²) in [5, 5.41) is 0. The van der Waals surface area contributed by atoms with E-state index in [1.54, 1.807) is 0 Å². The molecule has 0 spiro atoms. The number of rotatable bonds is 3. The molecule has 1 aliphatic carbocycles. The van der Waals surface area contributed by atoms with Crippen LogP contribution in [0, 0.1) is 6.92 Å². The molecule has 15 heavy (non-hydrogen) atoms. The van der Waals surface area contributed by atoms with Gasteiger partial charge in [-0.2, -0.15) is 0 Å². The van der Waals surface area contributed by atoms with Crippen LogP contribution in [0.3, 0.4) is 0 Å². The van der Waals surface area contributed by atoms with Gasteiger partial charge >= 0.3 is 0 Å². The molecule has 1 saturated carbocycles. The van der Waals surface area contributed by atoms with E-state index < -0.39 is 0 Å². The highest BCUT2D eigenvalue weighted by Crippen LogP contribution is 2.33. The Morgan fingerprint density at radius 3 is 2.67 bits per heavy atom. The van der Waals surface area contributed by atoms with Crippen molar-refractivity contribution < 1.29 is 0 Å². The highest BCUT2D eigenvalue weighted by molar-refractivity contribution is 5.18. The minimum atomic E-state index is 0.695. The number of nitrogens with zero attached hydrogens (tertiary/aromatic N) is 2. The van der Waals surface area contributed by atoms with E-state index in [0.717, 1.165) is 6.42 Å². The third-order valence-electron chi connectivity index (χ3n) is 3.62. The lowest BCUT2D eigenvalue weighted by atomic mass is 10.1. The van der Waals surface area contributed by atoms with Crippen LogP contribution in [-0.2, 0) is 13.5 Å². The molecule has 1 aromatic heterocycles. The molecule has 1 fully saturated rings. The van der Waals surface area contributed by atoms with E-state index >= 15 is 0 Å². The Hall–Kier alpha value is -0.830. The van der Waals surface area contributed by atoms with Gasteiger partial charge in [0.15, 0.2) is 0 Å². The van der Waals surface area contributed by atoms with Crippen LogP contribution in [0.5, 0.6) is 0 Å². The lowest BCUT2D eigenvalue weighted by Gasteiger charge is -2.09. The van der Waals surface area contributed by atoms with Crippen LogP contribution in [0.4, 0.5) is 0 Å². The van der Waals surface area contributed by atoms with Crippen LogP contribution in [-0.4, -0.2) is 16.1 Å². The molecule has 0 aromatic carbocycles. The summed E-state index contributed by atoms with van der Waals surface area (Å²) in [6, 6.07) is 0. The summed E-state index contributed by atoms with van der Waals surface area (Å²) in [4.78, 5) is 4.76. The summed E-state index contributed by atoms with van der Waals surface area (Å²) in [7, 11) is 2.13. The molecular formula is C12H21N3. The number of nitrogens with two attached hydrogens (primary N) is 1. The first-order valence-corrected chi connectivity index (χ1v) is 5.96. The van der Waals surface area contributed by atoms with Gasteiger partial charge in [0.25, 0.3) is 0 Å². The Morgan fingerprint density at radius 2 is 2.07 bits per heavy atom. The zero-order valence-corrected chi connectivity index (χ0v) is 9.79. The van der Waals surface area contributed by atoms with Crippen molar-refractivity contribution in [2.45, 2.75) is 44.9 Å². The largest absolute Gasteiger partial charge is 0.335 e. The quantitative estimate of drug-likeness (QED) is 0.822. The Kier molecular flexibility index (Phi) is 3.10. The Bertz CT molecular complexity index is 335. The monoisotopic (exact) mass is 207 g/mol. The van der Waals surface area contributed by atoms with Crippen molar-refractivity contribution in [2.75, 3.05) is 6.54 Å². The maximum absolute atomic E-state index is 5.59. The van der Waals surface area contributed by atoms with E-state index in [9.17, 15) is 0 Å². The first-order chi connectivity index (χ1) is 7.24. The van der Waals surface area contributed by atoms with Gasteiger partial charge in [0.05, 0.1) is 5.69 Å². The summed E-state index contributed by atoms with van der Waals surface area (Å²) in [6.45, 7) is 2.85. The SMILES string of the molecule is Cc1c(CCN)nc(C2CCCC2)n1C. The molecule has 3 heteroatoms. The van der Waals surface area contributed by atoms with Crippen molar-refractivity contribution in [3.05, 3.63) is 17.2 Å². The number of hydrogen-bond donors (Lipinski definition) is 1. The maximum Gasteiger partial charge on any atom is 0.112 e. The molecule has 1 aliphatic rings. The van der Waals surface area contributed by atoms with Crippen LogP contribution in [0.25, 0.3) is 0 Å². The minimum absolute atomic E-state index is 0.695. The van der Waals surface area contributed by atoms with E-state index in [1.165, 1.54) is 42.9 Å². The van der Waals surface area contributed by atoms with Crippen molar-refractivity contribution in [2.24, 2.45) is 12.8 Å². The zero-order chi connectivity index (χ0) is 10.8. The van der Waals surface area contributed by atoms with Gasteiger partial charge in [-0.1, -0.05) is 12.8 Å². The second kappa shape index (κ2) is 4.35. The predicted octanol–water partition coefficient (Wildman–Crippen LogP) is 1.89. The van der Waals surface area contributed by atoms with Crippen molar-refractivity contribution >= 4 is 0 Å². The molecule has 84 valence electrons. The average Bonchev–Trinajstić information content (AvgIpc) is 2.82. The highest BCUT2D eigenvalue weighted by Gasteiger charge is 2.23. The lowest BCUT2D eigenvalue weighted by molar-refractivity contribution is 0.627. The molecule has 2 rings (SSSR count). The van der Waals surface area contributed by atoms with E-state index in [0.29, 0.717) is 12.5 Å². The van der Waals surface area contributed by atoms with Crippen LogP contribution >= 0.6 is 0 Å². The van der Waals surface area contributed by atoms with Gasteiger partial charge in [-0.05, 0) is 26.3 Å². The number of imidazole rings is 1. The minimum Gasteiger partial charge on any atom is -0.335 e. The third kappa shape index (κ3) is 1.93. The van der Waals surface area contributed by atoms with Crippen LogP contribution in [0.2, 0.25) is 0 Å². The van der Waals surface area contributed by atoms with Gasteiger partial charge in [-0.3, -0.25) is 0 Å². The molecule has 0 bridgehead atoms. The second-order valence-corrected chi connectivity index (χ2v) is 4.58. The Labute approximate surface area is 91.7 Å². The molecule has 0 aliphatic heterocycles. The predicted molar refractivity (Wildman–Crippen MR) is 61.9 cm³/mol. The van der Waals surface area contributed by atoms with E-state index in [4.69, 9.17) is 10.7 Å². The molecule has 0 unspecified atom stereocenters. The normalized spacial score (nSPS) is 17.5. The molecule has 0 amide bonds. The zero-order valence-electron chi connectivity index (χ0n) is 9.79. The molecule has 0 saturated heterocycles. The molecule has 0 atom stereocenters. The van der Waals surface area contributed by atoms with Crippen molar-refractivity contribution in [1.29, 1.82) is 0 Å². The molecular weight excluding hydrogens is 186 g/mol. The molecule has 0 radical (unpaired) electrons. The summed E-state index contributed by atoms with van der Waals surface area (Å²) in [6.07, 6.45) is 6.26. The van der Waals surface area contributed by atoms with Crippen molar-refractivity contribution in [3.8, 4) is 0 Å². The van der Waals surface area contributed by atoms with Gasteiger partial charge in [0.2, 0.25) is 0 Å². The fourth-order valence-electron chi connectivity index (χ4n) is 2.58. The fraction of sp³-hybridized carbons (Fsp3) is 0.750. The smallest absolute Gasteiger partial charge is 0.112 e. The summed E-state index contributed by atoms with van der Waals surface area (Å²) < 4.78 is 2.26. The average molecular weight is 207 g/mol. The van der Waals surface area contributed by atoms with Gasteiger partial charge < -0.3 is 10.3 Å². The summed E-state index contributed by atoms with van der Waals surface area (Å²) >= 11 is 0. The van der Waals surface area contributed by atoms with Gasteiger partial charge in [0, 0.05) is 25.1 Å². The molecule has 3 nitrogen and oxygen atoms in total.